The summed E-state index contributed by atoms with van der Waals surface area (Å²) in [6.45, 7) is -31.8. The zero-order valence-electron chi connectivity index (χ0n) is 110. The molecule has 0 aliphatic carbocycles. The van der Waals surface area contributed by atoms with Crippen LogP contribution < -0.4 is 56.2 Å². The second kappa shape index (κ2) is 47.4. The highest BCUT2D eigenvalue weighted by Gasteiger charge is 2.44. The molecule has 5 unspecified atom stereocenters. The minimum Gasteiger partial charge on any atom is -0.481 e. The molecule has 0 radical (unpaired) electrons. The molecule has 0 amide bonds. The van der Waals surface area contributed by atoms with Crippen LogP contribution in [0.15, 0.2) is 79.5 Å². The highest BCUT2D eigenvalue weighted by Crippen LogP contribution is 2.21. The summed E-state index contributed by atoms with van der Waals surface area (Å²) >= 11 is 0. The lowest BCUT2D eigenvalue weighted by atomic mass is 9.94. The molecule has 10 aromatic rings. The summed E-state index contributed by atoms with van der Waals surface area (Å²) in [4.78, 5) is 295. The Hall–Kier alpha value is -16.4. The topological polar surface area (TPSA) is 869 Å². The van der Waals surface area contributed by atoms with Gasteiger partial charge in [-0.3, -0.25) is 118 Å². The zero-order valence-corrected chi connectivity index (χ0v) is 69.5. The predicted octanol–water partition coefficient (Wildman–Crippen LogP) is -8.87. The van der Waals surface area contributed by atoms with E-state index in [1.807, 2.05) is 0 Å². The smallest absolute Gasteiger partial charge is 0.336 e. The quantitative estimate of drug-likeness (QED) is 0.0253. The number of ketones is 5. The monoisotopic (exact) mass is 1960 g/mol. The first kappa shape index (κ1) is 65.2. The number of carboxylic acid groups (broad SMARTS) is 10. The minimum atomic E-state index is -3.36. The molecule has 60 heteroatoms. The number of nitrogens with zero attached hydrogens (tertiary/aromatic N) is 20. The second-order valence-corrected chi connectivity index (χ2v) is 27.1. The molecule has 0 saturated heterocycles. The minimum absolute atomic E-state index is 0.0122. The average Bonchev–Trinajstić information content (AvgIpc) is 1.59. The summed E-state index contributed by atoms with van der Waals surface area (Å²) in [5, 5.41) is 130. The Bertz CT molecular complexity index is 8310. The zero-order chi connectivity index (χ0) is 139. The van der Waals surface area contributed by atoms with Crippen molar-refractivity contribution in [2.45, 2.75) is 127 Å². The van der Waals surface area contributed by atoms with Gasteiger partial charge >= 0.3 is 88.1 Å². The number of aliphatic carboxylic acids is 10. The van der Waals surface area contributed by atoms with E-state index in [1.165, 1.54) is 7.05 Å². The van der Waals surface area contributed by atoms with Crippen LogP contribution in [0.2, 0.25) is 0 Å². The SMILES string of the molecule is CC(=O)CC(O)(CC(=O)O)C(=O)O.CC(=O)CC(O)(CC(=O)O)C(=O)O.CC(=O)CC(O)(CC(=O)O)C(=O)O.CC(=O)CC(O)(CC(=O)O)C(=O)O.CC(=O)CC(O)(CC(=O)O)C(=O)O.[2H]C([2H])([2H])n1c(=O)c2c(ncn2C([2H])([2H])[2H])n(C([2H])([2H])[2H])c1=O.[2H]c1nc2c(c(=O)n(C([2H])([2H])[2H])c(=O)n2C([2H])([2H])[2H])n1C.[2H]c1nc2c(c(=O)n(C([2H])([2H])[2H])c(=O)n2C([2H])([2H])[2H])n1C([2H])([2H])[2H].[2H]c1nc2c(c(=O)n(C([2H])([2H])[2H])c(=O)n2C)n1C([2H])([2H])[2H].[2H]c1nc2c(c(=O)n(C)c(=O)n2C([2H])([2H])[2H])n1C([2H])([2H])[2H]. The van der Waals surface area contributed by atoms with E-state index < -0.39 is 396 Å². The fourth-order valence-corrected chi connectivity index (χ4v) is 9.94. The molecular formula is C75H100N20O40. The van der Waals surface area contributed by atoms with Crippen LogP contribution in [0.4, 0.5) is 0 Å². The van der Waals surface area contributed by atoms with Gasteiger partial charge in [-0.1, -0.05) is 0 Å². The van der Waals surface area contributed by atoms with Crippen molar-refractivity contribution in [1.29, 1.82) is 0 Å². The number of hydrogen-bond donors (Lipinski definition) is 15. The molecule has 5 atom stereocenters. The number of hydrogen-bond acceptors (Lipinski definition) is 35. The highest BCUT2D eigenvalue weighted by molar-refractivity contribution is 5.93. The summed E-state index contributed by atoms with van der Waals surface area (Å²) in [7, 11) is 3.41. The third-order valence-corrected chi connectivity index (χ3v) is 16.0. The van der Waals surface area contributed by atoms with E-state index in [1.54, 1.807) is 0 Å². The van der Waals surface area contributed by atoms with Gasteiger partial charge in [0.1, 0.15) is 34.4 Å². The van der Waals surface area contributed by atoms with Gasteiger partial charge in [0.2, 0.25) is 0 Å². The van der Waals surface area contributed by atoms with E-state index in [9.17, 15) is 145 Å². The Morgan fingerprint density at radius 1 is 0.252 bits per heavy atom. The van der Waals surface area contributed by atoms with Crippen molar-refractivity contribution in [3.05, 3.63) is 136 Å². The van der Waals surface area contributed by atoms with E-state index in [-0.39, 0.29) is 46.8 Å². The van der Waals surface area contributed by atoms with E-state index in [2.05, 4.69) is 24.9 Å². The fraction of sp³-hybridized carbons (Fsp3) is 0.467. The standard InChI is InChI=1S/5C8H10N4O2.5C7H10O6/c5*1-10-4-9-6-5(10)7(13)12(3)8(14)11(6)2;5*1-4(8)2-7(13,6(11)12)3-5(9)10/h5*4H,1-3H3;5*13H,2-3H2,1H3,(H,9,10)(H,11,12)/i1D3,2D3,3D3,4D;2D3,3D3,4D;1D3,3D3,4D;1D3,2D3,4D;1D3,2D3,3D3;;;;;. The van der Waals surface area contributed by atoms with Crippen LogP contribution in [0, 0.1) is 0 Å². The summed E-state index contributed by atoms with van der Waals surface area (Å²) in [5.41, 5.74) is -32.9. The summed E-state index contributed by atoms with van der Waals surface area (Å²) < 4.78 is 296. The van der Waals surface area contributed by atoms with Crippen molar-refractivity contribution in [3.8, 4) is 0 Å². The van der Waals surface area contributed by atoms with Gasteiger partial charge in [-0.25, -0.2) is 72.9 Å². The molecule has 0 aromatic carbocycles. The molecule has 15 N–H and O–H groups in total. The molecule has 0 aliphatic rings. The van der Waals surface area contributed by atoms with Gasteiger partial charge < -0.3 is 99.4 Å². The highest BCUT2D eigenvalue weighted by atomic mass is 16.4. The molecule has 10 rings (SSSR count). The molecule has 0 saturated carbocycles. The lowest BCUT2D eigenvalue weighted by molar-refractivity contribution is -0.167. The maximum Gasteiger partial charge on any atom is 0.336 e. The first-order valence-electron chi connectivity index (χ1n) is 54.8. The van der Waals surface area contributed by atoms with Crippen molar-refractivity contribution in [3.63, 3.8) is 0 Å². The molecule has 10 heterocycles. The van der Waals surface area contributed by atoms with Crippen molar-refractivity contribution in [2.24, 2.45) is 105 Å². The number of carboxylic acids is 10. The first-order chi connectivity index (χ1) is 77.7. The summed E-state index contributed by atoms with van der Waals surface area (Å²) in [5.74, 6) is -18.7. The van der Waals surface area contributed by atoms with Crippen LogP contribution >= 0.6 is 0 Å². The molecule has 10 aromatic heterocycles. The second-order valence-electron chi connectivity index (χ2n) is 27.1. The van der Waals surface area contributed by atoms with E-state index in [0.29, 0.717) is 24.6 Å². The first-order valence-corrected chi connectivity index (χ1v) is 34.8. The number of carbonyl (C=O) groups is 15. The number of imidazole rings is 5. The van der Waals surface area contributed by atoms with Crippen LogP contribution in [0.3, 0.4) is 0 Å². The maximum atomic E-state index is 12.4. The lowest BCUT2D eigenvalue weighted by Crippen LogP contribution is -2.42. The van der Waals surface area contributed by atoms with Crippen LogP contribution in [0.25, 0.3) is 55.8 Å². The number of rotatable bonds is 25. The Morgan fingerprint density at radius 2 is 0.422 bits per heavy atom. The molecular weight excluding hydrogens is 1820 g/mol. The van der Waals surface area contributed by atoms with Gasteiger partial charge in [0, 0.05) is 186 Å². The van der Waals surface area contributed by atoms with Gasteiger partial charge in [-0.2, -0.15) is 0 Å². The van der Waals surface area contributed by atoms with E-state index in [0.717, 1.165) is 57.8 Å². The Kier molecular flexibility index (Phi) is 22.9. The molecule has 0 spiro atoms. The fourth-order valence-electron chi connectivity index (χ4n) is 9.94. The van der Waals surface area contributed by atoms with Gasteiger partial charge in [-0.15, -0.1) is 0 Å². The largest absolute Gasteiger partial charge is 0.481 e. The van der Waals surface area contributed by atoms with Crippen molar-refractivity contribution in [2.75, 3.05) is 0 Å². The number of fused-ring (bicyclic) bond motifs is 5. The van der Waals surface area contributed by atoms with E-state index >= 15 is 0 Å². The number of Topliss-reactive ketones (excluding diaryl/α,β-unsaturated/α-hetero) is 5. The molecule has 60 nitrogen and oxygen atoms in total. The third kappa shape index (κ3) is 30.1. The molecule has 0 aliphatic heterocycles. The lowest BCUT2D eigenvalue weighted by Gasteiger charge is -2.19. The van der Waals surface area contributed by atoms with Crippen LogP contribution in [0.1, 0.15) is 154 Å². The molecule has 740 valence electrons. The number of aromatic nitrogens is 20. The van der Waals surface area contributed by atoms with E-state index in [4.69, 9.17) is 106 Å². The number of carbonyl (C=O) groups excluding carboxylic acids is 5. The van der Waals surface area contributed by atoms with Gasteiger partial charge in [0.15, 0.2) is 83.8 Å². The summed E-state index contributed by atoms with van der Waals surface area (Å²) in [6, 6.07) is 0. The normalized spacial score (nSPS) is 18.3. The van der Waals surface area contributed by atoms with Gasteiger partial charge in [-0.05, 0) is 34.6 Å². The van der Waals surface area contributed by atoms with Gasteiger partial charge in [0.25, 0.3) is 27.8 Å². The van der Waals surface area contributed by atoms with Gasteiger partial charge in [0.05, 0.1) is 63.6 Å². The average molecular weight is 1960 g/mol. The number of aliphatic hydroxyl groups is 5. The van der Waals surface area contributed by atoms with Crippen LogP contribution in [-0.4, -0.2) is 287 Å². The Balaban J connectivity index is 0.000000982. The van der Waals surface area contributed by atoms with Crippen molar-refractivity contribution in [1.82, 2.24) is 93.4 Å². The van der Waals surface area contributed by atoms with Crippen molar-refractivity contribution < 1.29 is 203 Å². The van der Waals surface area contributed by atoms with Crippen molar-refractivity contribution >= 4 is 144 Å². The van der Waals surface area contributed by atoms with Crippen LogP contribution in [-0.2, 0) is 177 Å². The molecule has 135 heavy (non-hydrogen) atoms. The molecule has 0 bridgehead atoms. The predicted molar refractivity (Wildman–Crippen MR) is 457 cm³/mol. The molecule has 0 fully saturated rings. The van der Waals surface area contributed by atoms with Crippen LogP contribution in [0.5, 0.6) is 0 Å². The Morgan fingerprint density at radius 3 is 0.615 bits per heavy atom. The summed E-state index contributed by atoms with van der Waals surface area (Å²) in [6.07, 6.45) is -10.8. The number of aryl methyl sites for hydroxylation is 10. The maximum absolute atomic E-state index is 12.4. The third-order valence-electron chi connectivity index (χ3n) is 16.0. The Labute approximate surface area is 808 Å².